The van der Waals surface area contributed by atoms with Crippen LogP contribution in [0.2, 0.25) is 1.41 Å². The maximum Gasteiger partial charge on any atom is 0.122 e. The predicted octanol–water partition coefficient (Wildman–Crippen LogP) is 0.614. The lowest BCUT2D eigenvalue weighted by molar-refractivity contribution is 0.668. The Labute approximate surface area is 34.8 Å². The first-order valence-electron chi connectivity index (χ1n) is 2.31. The van der Waals surface area contributed by atoms with Gasteiger partial charge in [-0.15, -0.1) is 0 Å². The Bertz CT molecular complexity index is 28.5. The van der Waals surface area contributed by atoms with E-state index in [0.717, 1.165) is 0 Å². The zero-order valence-corrected chi connectivity index (χ0v) is 4.02. The van der Waals surface area contributed by atoms with Crippen molar-refractivity contribution in [2.75, 3.05) is 7.05 Å². The zero-order chi connectivity index (χ0) is 5.15. The molecule has 1 heteroatoms. The van der Waals surface area contributed by atoms with E-state index >= 15 is 0 Å². The summed E-state index contributed by atoms with van der Waals surface area (Å²) in [6.45, 7) is 3.96. The summed E-state index contributed by atoms with van der Waals surface area (Å²) in [4.78, 5) is 0. The van der Waals surface area contributed by atoms with Gasteiger partial charge in [0, 0.05) is 6.04 Å². The fraction of sp³-hybridized carbons (Fsp3) is 1.00. The highest BCUT2D eigenvalue weighted by Gasteiger charge is 1.76. The highest BCUT2D eigenvalue weighted by atomic mass is 14.8. The Morgan fingerprint density at radius 3 is 2.00 bits per heavy atom. The van der Waals surface area contributed by atoms with Crippen LogP contribution in [-0.4, -0.2) is 13.1 Å². The Balaban J connectivity index is 2.99. The molecule has 0 bridgehead atoms. The van der Waals surface area contributed by atoms with Gasteiger partial charge < -0.3 is 5.31 Å². The van der Waals surface area contributed by atoms with E-state index in [-0.39, 0.29) is 0 Å². The third-order valence-electron chi connectivity index (χ3n) is 0.516. The molecule has 0 amide bonds. The van der Waals surface area contributed by atoms with Gasteiger partial charge in [-0.25, -0.2) is 0 Å². The molecule has 0 aromatic heterocycles. The van der Waals surface area contributed by atoms with Crippen LogP contribution in [0.5, 0.6) is 0 Å². The normalized spacial score (nSPS) is 13.4. The number of hydrogen-bond acceptors (Lipinski definition) is 1. The van der Waals surface area contributed by atoms with E-state index in [1.165, 1.54) is 5.31 Å². The molecule has 0 radical (unpaired) electrons. The summed E-state index contributed by atoms with van der Waals surface area (Å²) in [5, 5.41) is 1.42. The molecule has 0 rings (SSSR count). The molecule has 0 saturated heterocycles. The van der Waals surface area contributed by atoms with E-state index in [1.807, 2.05) is 13.8 Å². The Kier molecular flexibility index (Phi) is 1.40. The fourth-order valence-corrected chi connectivity index (χ4v) is 0. The van der Waals surface area contributed by atoms with Gasteiger partial charge >= 0.3 is 0 Å². The molecule has 32 valence electrons. The molecule has 0 saturated carbocycles. The quantitative estimate of drug-likeness (QED) is 0.481. The molecule has 0 unspecified atom stereocenters. The highest BCUT2D eigenvalue weighted by Crippen LogP contribution is 1.66. The van der Waals surface area contributed by atoms with Crippen molar-refractivity contribution < 1.29 is 1.41 Å². The van der Waals surface area contributed by atoms with Crippen LogP contribution in [0.4, 0.5) is 0 Å². The molecule has 0 fully saturated rings. The van der Waals surface area contributed by atoms with Gasteiger partial charge in [0.1, 0.15) is 1.41 Å². The van der Waals surface area contributed by atoms with Crippen LogP contribution < -0.4 is 5.31 Å². The summed E-state index contributed by atoms with van der Waals surface area (Å²) in [6.07, 6.45) is 0. The second-order valence-electron chi connectivity index (χ2n) is 1.35. The maximum atomic E-state index is 6.87. The molecule has 0 aromatic carbocycles. The van der Waals surface area contributed by atoms with Gasteiger partial charge in [-0.3, -0.25) is 0 Å². The fourth-order valence-electron chi connectivity index (χ4n) is 0. The van der Waals surface area contributed by atoms with Crippen molar-refractivity contribution in [1.29, 1.82) is 0 Å². The number of hydrogen-bond donors (Lipinski definition) is 1. The van der Waals surface area contributed by atoms with Crippen molar-refractivity contribution in [3.05, 3.63) is 0 Å². The smallest absolute Gasteiger partial charge is 0.122 e. The van der Waals surface area contributed by atoms with E-state index in [2.05, 4.69) is 0 Å². The van der Waals surface area contributed by atoms with Gasteiger partial charge in [-0.2, -0.15) is 0 Å². The lowest BCUT2D eigenvalue weighted by atomic mass is 10.4. The van der Waals surface area contributed by atoms with Gasteiger partial charge in [0.05, 0.1) is 0 Å². The van der Waals surface area contributed by atoms with Crippen molar-refractivity contribution in [2.45, 2.75) is 19.9 Å². The number of rotatable bonds is 1. The molecule has 0 atom stereocenters. The minimum absolute atomic E-state index is 0.352. The molecule has 0 aliphatic heterocycles. The average molecular weight is 75.1 g/mol. The van der Waals surface area contributed by atoms with E-state index < -0.39 is 0 Å². The Morgan fingerprint density at radius 1 is 1.80 bits per heavy atom. The molecule has 0 spiro atoms. The van der Waals surface area contributed by atoms with Crippen molar-refractivity contribution in [1.82, 2.24) is 5.31 Å². The van der Waals surface area contributed by atoms with Crippen LogP contribution in [0.25, 0.3) is 0 Å². The highest BCUT2D eigenvalue weighted by molar-refractivity contribution is 4.40. The van der Waals surface area contributed by atoms with Gasteiger partial charge in [-0.05, 0) is 7.05 Å². The molecule has 0 aliphatic rings. The maximum absolute atomic E-state index is 6.87. The van der Waals surface area contributed by atoms with Crippen LogP contribution in [0.15, 0.2) is 0 Å². The Hall–Kier alpha value is -0.0400. The lowest BCUT2D eigenvalue weighted by Gasteiger charge is -1.95. The van der Waals surface area contributed by atoms with Gasteiger partial charge in [0.15, 0.2) is 0 Å². The average Bonchev–Trinajstić information content (AvgIpc) is 1.36. The predicted molar refractivity (Wildman–Crippen MR) is 24.2 cm³/mol. The molecule has 0 heterocycles. The minimum atomic E-state index is 0.352. The summed E-state index contributed by atoms with van der Waals surface area (Å²) in [5.41, 5.74) is 0. The topological polar surface area (TPSA) is 12.0 Å². The van der Waals surface area contributed by atoms with E-state index in [1.54, 1.807) is 7.05 Å². The molecule has 5 heavy (non-hydrogen) atoms. The third-order valence-corrected chi connectivity index (χ3v) is 0.516. The number of nitrogens with one attached hydrogen (secondary N) is 1. The van der Waals surface area contributed by atoms with Crippen LogP contribution in [0.3, 0.4) is 0 Å². The molecular formula is C4H11N. The molecule has 0 aromatic rings. The van der Waals surface area contributed by atoms with Gasteiger partial charge in [-0.1, -0.05) is 13.8 Å². The Morgan fingerprint density at radius 2 is 2.00 bits per heavy atom. The first kappa shape index (κ1) is 3.16. The lowest BCUT2D eigenvalue weighted by Crippen LogP contribution is -2.15. The molecule has 1 N–H and O–H groups in total. The summed E-state index contributed by atoms with van der Waals surface area (Å²) in [5.74, 6) is 0. The standard InChI is InChI=1S/C4H11N/c1-4(2)5-3/h4-5H,1-3H3/i/hT. The van der Waals surface area contributed by atoms with Gasteiger partial charge in [0.25, 0.3) is 0 Å². The van der Waals surface area contributed by atoms with Crippen molar-refractivity contribution in [2.24, 2.45) is 0 Å². The zero-order valence-electron chi connectivity index (χ0n) is 5.02. The molecular weight excluding hydrogens is 62.1 g/mol. The second kappa shape index (κ2) is 2.21. The van der Waals surface area contributed by atoms with Crippen molar-refractivity contribution in [3.8, 4) is 0 Å². The monoisotopic (exact) mass is 75.1 g/mol. The minimum Gasteiger partial charge on any atom is -0.318 e. The summed E-state index contributed by atoms with van der Waals surface area (Å²) in [7, 11) is 1.74. The van der Waals surface area contributed by atoms with Crippen molar-refractivity contribution in [3.63, 3.8) is 0 Å². The third kappa shape index (κ3) is 3.96. The SMILES string of the molecule is [3H]N(C)C(C)C. The molecule has 0 aliphatic carbocycles. The summed E-state index contributed by atoms with van der Waals surface area (Å²) in [6, 6.07) is 0.352. The second-order valence-corrected chi connectivity index (χ2v) is 1.35. The van der Waals surface area contributed by atoms with E-state index in [9.17, 15) is 0 Å². The largest absolute Gasteiger partial charge is 0.318 e. The first-order valence-corrected chi connectivity index (χ1v) is 1.86. The summed E-state index contributed by atoms with van der Waals surface area (Å²) < 4.78 is 6.87. The van der Waals surface area contributed by atoms with Crippen molar-refractivity contribution >= 4 is 0 Å². The van der Waals surface area contributed by atoms with Crippen LogP contribution in [0, 0.1) is 0 Å². The van der Waals surface area contributed by atoms with Crippen LogP contribution >= 0.6 is 0 Å². The summed E-state index contributed by atoms with van der Waals surface area (Å²) >= 11 is 0. The van der Waals surface area contributed by atoms with Crippen LogP contribution in [0.1, 0.15) is 13.8 Å². The molecule has 1 nitrogen and oxygen atoms in total. The van der Waals surface area contributed by atoms with Gasteiger partial charge in [0.2, 0.25) is 0 Å². The van der Waals surface area contributed by atoms with Crippen LogP contribution in [-0.2, 0) is 0 Å². The van der Waals surface area contributed by atoms with E-state index in [4.69, 9.17) is 1.41 Å². The first-order chi connectivity index (χ1) is 2.64. The van der Waals surface area contributed by atoms with E-state index in [0.29, 0.717) is 6.04 Å².